The summed E-state index contributed by atoms with van der Waals surface area (Å²) in [5.74, 6) is 0.0747. The van der Waals surface area contributed by atoms with E-state index in [1.54, 1.807) is 0 Å². The molecule has 27 heavy (non-hydrogen) atoms. The lowest BCUT2D eigenvalue weighted by Gasteiger charge is -2.25. The van der Waals surface area contributed by atoms with Gasteiger partial charge in [-0.15, -0.1) is 0 Å². The van der Waals surface area contributed by atoms with E-state index in [9.17, 15) is 4.79 Å². The van der Waals surface area contributed by atoms with Gasteiger partial charge in [0.1, 0.15) is 0 Å². The zero-order chi connectivity index (χ0) is 19.2. The maximum atomic E-state index is 12.5. The monoisotopic (exact) mass is 366 g/mol. The van der Waals surface area contributed by atoms with Gasteiger partial charge in [0, 0.05) is 6.42 Å². The van der Waals surface area contributed by atoms with Crippen LogP contribution >= 0.6 is 0 Å². The van der Waals surface area contributed by atoms with Crippen molar-refractivity contribution >= 4 is 17.3 Å². The van der Waals surface area contributed by atoms with E-state index >= 15 is 0 Å². The fourth-order valence-corrected chi connectivity index (χ4v) is 3.21. The van der Waals surface area contributed by atoms with Crippen LogP contribution in [0.25, 0.3) is 0 Å². The number of hydrazine groups is 1. The van der Waals surface area contributed by atoms with Crippen molar-refractivity contribution in [1.29, 1.82) is 0 Å². The van der Waals surface area contributed by atoms with Crippen LogP contribution in [-0.4, -0.2) is 5.91 Å². The molecule has 0 saturated carbocycles. The Morgan fingerprint density at radius 3 is 1.63 bits per heavy atom. The number of nitrogens with zero attached hydrogens (tertiary/aromatic N) is 1. The predicted octanol–water partition coefficient (Wildman–Crippen LogP) is 6.78. The number of hydrogen-bond acceptors (Lipinski definition) is 2. The first-order valence-electron chi connectivity index (χ1n) is 10.5. The molecule has 1 amide bonds. The highest BCUT2D eigenvalue weighted by molar-refractivity contribution is 5.80. The van der Waals surface area contributed by atoms with E-state index in [0.717, 1.165) is 24.2 Å². The zero-order valence-electron chi connectivity index (χ0n) is 16.7. The zero-order valence-corrected chi connectivity index (χ0v) is 16.7. The Bertz CT molecular complexity index is 588. The smallest absolute Gasteiger partial charge is 0.238 e. The van der Waals surface area contributed by atoms with Crippen LogP contribution in [0.15, 0.2) is 60.7 Å². The van der Waals surface area contributed by atoms with Gasteiger partial charge < -0.3 is 0 Å². The lowest BCUT2D eigenvalue weighted by Crippen LogP contribution is -2.38. The van der Waals surface area contributed by atoms with Crippen LogP contribution in [0.4, 0.5) is 11.4 Å². The van der Waals surface area contributed by atoms with Crippen molar-refractivity contribution < 1.29 is 4.79 Å². The molecule has 0 unspecified atom stereocenters. The molecule has 0 saturated heterocycles. The van der Waals surface area contributed by atoms with Gasteiger partial charge >= 0.3 is 0 Å². The number of carbonyl (C=O) groups excluding carboxylic acids is 1. The average Bonchev–Trinajstić information content (AvgIpc) is 2.72. The standard InChI is InChI=1S/C24H34N2O/c1-2-3-4-5-6-7-8-9-16-21-24(27)25-26(22-17-12-10-13-18-22)23-19-14-11-15-20-23/h10-15,17-20H,2-9,16,21H2,1H3,(H,25,27). The number of para-hydroxylation sites is 2. The van der Waals surface area contributed by atoms with Crippen molar-refractivity contribution in [3.63, 3.8) is 0 Å². The average molecular weight is 367 g/mol. The Balaban J connectivity index is 1.73. The summed E-state index contributed by atoms with van der Waals surface area (Å²) in [7, 11) is 0. The molecule has 2 aromatic carbocycles. The fraction of sp³-hybridized carbons (Fsp3) is 0.458. The summed E-state index contributed by atoms with van der Waals surface area (Å²) in [5.41, 5.74) is 4.99. The van der Waals surface area contributed by atoms with Crippen molar-refractivity contribution in [3.8, 4) is 0 Å². The minimum Gasteiger partial charge on any atom is -0.273 e. The highest BCUT2D eigenvalue weighted by atomic mass is 16.2. The lowest BCUT2D eigenvalue weighted by atomic mass is 10.1. The van der Waals surface area contributed by atoms with E-state index < -0.39 is 0 Å². The second kappa shape index (κ2) is 13.0. The molecule has 0 aliphatic carbocycles. The molecule has 0 aliphatic heterocycles. The van der Waals surface area contributed by atoms with Gasteiger partial charge in [0.15, 0.2) is 0 Å². The summed E-state index contributed by atoms with van der Waals surface area (Å²) in [4.78, 5) is 12.5. The molecule has 0 spiro atoms. The number of hydrogen-bond donors (Lipinski definition) is 1. The Kier molecular flexibility index (Phi) is 10.1. The Morgan fingerprint density at radius 1 is 0.704 bits per heavy atom. The predicted molar refractivity (Wildman–Crippen MR) is 115 cm³/mol. The number of anilines is 2. The highest BCUT2D eigenvalue weighted by Crippen LogP contribution is 2.22. The van der Waals surface area contributed by atoms with Crippen LogP contribution in [0, 0.1) is 0 Å². The summed E-state index contributed by atoms with van der Waals surface area (Å²) >= 11 is 0. The normalized spacial score (nSPS) is 10.6. The van der Waals surface area contributed by atoms with Crippen molar-refractivity contribution in [3.05, 3.63) is 60.7 Å². The van der Waals surface area contributed by atoms with Gasteiger partial charge in [-0.1, -0.05) is 94.7 Å². The number of carbonyl (C=O) groups is 1. The molecule has 0 aromatic heterocycles. The van der Waals surface area contributed by atoms with E-state index in [2.05, 4.69) is 12.3 Å². The fourth-order valence-electron chi connectivity index (χ4n) is 3.21. The molecule has 2 rings (SSSR count). The van der Waals surface area contributed by atoms with E-state index in [4.69, 9.17) is 0 Å². The maximum Gasteiger partial charge on any atom is 0.238 e. The van der Waals surface area contributed by atoms with Crippen LogP contribution in [-0.2, 0) is 4.79 Å². The van der Waals surface area contributed by atoms with Crippen LogP contribution in [0.1, 0.15) is 71.1 Å². The van der Waals surface area contributed by atoms with Crippen molar-refractivity contribution in [1.82, 2.24) is 5.43 Å². The molecule has 0 aliphatic rings. The minimum absolute atomic E-state index is 0.0747. The second-order valence-corrected chi connectivity index (χ2v) is 7.12. The van der Waals surface area contributed by atoms with Gasteiger partial charge in [-0.2, -0.15) is 0 Å². The molecule has 3 heteroatoms. The van der Waals surface area contributed by atoms with Gasteiger partial charge in [0.25, 0.3) is 0 Å². The van der Waals surface area contributed by atoms with E-state index in [1.165, 1.54) is 44.9 Å². The molecular formula is C24H34N2O. The minimum atomic E-state index is 0.0747. The molecular weight excluding hydrogens is 332 g/mol. The largest absolute Gasteiger partial charge is 0.273 e. The first kappa shape index (κ1) is 21.0. The molecule has 0 heterocycles. The topological polar surface area (TPSA) is 32.3 Å². The summed E-state index contributed by atoms with van der Waals surface area (Å²) in [5, 5.41) is 1.87. The Labute approximate surface area is 164 Å². The van der Waals surface area contributed by atoms with Gasteiger partial charge in [0.05, 0.1) is 11.4 Å². The van der Waals surface area contributed by atoms with Crippen molar-refractivity contribution in [2.24, 2.45) is 0 Å². The molecule has 3 nitrogen and oxygen atoms in total. The SMILES string of the molecule is CCCCCCCCCCCC(=O)NN(c1ccccc1)c1ccccc1. The van der Waals surface area contributed by atoms with E-state index in [0.29, 0.717) is 6.42 Å². The van der Waals surface area contributed by atoms with Gasteiger partial charge in [-0.05, 0) is 30.7 Å². The van der Waals surface area contributed by atoms with Crippen LogP contribution < -0.4 is 10.4 Å². The first-order valence-corrected chi connectivity index (χ1v) is 10.5. The Hall–Kier alpha value is -2.29. The van der Waals surface area contributed by atoms with E-state index in [-0.39, 0.29) is 5.91 Å². The molecule has 146 valence electrons. The van der Waals surface area contributed by atoms with Gasteiger partial charge in [-0.3, -0.25) is 15.2 Å². The molecule has 2 aromatic rings. The van der Waals surface area contributed by atoms with Crippen LogP contribution in [0.5, 0.6) is 0 Å². The number of nitrogens with one attached hydrogen (secondary N) is 1. The summed E-state index contributed by atoms with van der Waals surface area (Å²) < 4.78 is 0. The van der Waals surface area contributed by atoms with Crippen LogP contribution in [0.2, 0.25) is 0 Å². The molecule has 0 bridgehead atoms. The number of amides is 1. The van der Waals surface area contributed by atoms with Crippen LogP contribution in [0.3, 0.4) is 0 Å². The summed E-state index contributed by atoms with van der Waals surface area (Å²) in [6, 6.07) is 19.9. The van der Waals surface area contributed by atoms with Crippen molar-refractivity contribution in [2.75, 3.05) is 5.01 Å². The third kappa shape index (κ3) is 8.29. The quantitative estimate of drug-likeness (QED) is 0.313. The molecule has 0 fully saturated rings. The van der Waals surface area contributed by atoms with Gasteiger partial charge in [-0.25, -0.2) is 0 Å². The number of unbranched alkanes of at least 4 members (excludes halogenated alkanes) is 8. The first-order chi connectivity index (χ1) is 13.3. The summed E-state index contributed by atoms with van der Waals surface area (Å²) in [6.45, 7) is 2.25. The molecule has 0 radical (unpaired) electrons. The van der Waals surface area contributed by atoms with Gasteiger partial charge in [0.2, 0.25) is 5.91 Å². The highest BCUT2D eigenvalue weighted by Gasteiger charge is 2.12. The van der Waals surface area contributed by atoms with Crippen molar-refractivity contribution in [2.45, 2.75) is 71.1 Å². The van der Waals surface area contributed by atoms with E-state index in [1.807, 2.05) is 65.7 Å². The maximum absolute atomic E-state index is 12.5. The molecule has 0 atom stereocenters. The number of rotatable bonds is 13. The Morgan fingerprint density at radius 2 is 1.15 bits per heavy atom. The lowest BCUT2D eigenvalue weighted by molar-refractivity contribution is -0.121. The summed E-state index contributed by atoms with van der Waals surface area (Å²) in [6.07, 6.45) is 11.9. The molecule has 1 N–H and O–H groups in total. The third-order valence-electron chi connectivity index (χ3n) is 4.77. The second-order valence-electron chi connectivity index (χ2n) is 7.12. The third-order valence-corrected chi connectivity index (χ3v) is 4.77. The number of benzene rings is 2.